The number of nitrogens with one attached hydrogen (secondary N) is 1. The summed E-state index contributed by atoms with van der Waals surface area (Å²) >= 11 is 0. The molecule has 0 unspecified atom stereocenters. The van der Waals surface area contributed by atoms with Crippen molar-refractivity contribution in [2.75, 3.05) is 0 Å². The van der Waals surface area contributed by atoms with Crippen LogP contribution in [-0.4, -0.2) is 15.3 Å². The van der Waals surface area contributed by atoms with Gasteiger partial charge in [-0.05, 0) is 57.9 Å². The normalized spacial score (nSPS) is 11.9. The third kappa shape index (κ3) is 3.70. The lowest BCUT2D eigenvalue weighted by molar-refractivity contribution is 0.423. The van der Waals surface area contributed by atoms with Crippen LogP contribution in [0.4, 0.5) is 4.39 Å². The van der Waals surface area contributed by atoms with E-state index < -0.39 is 0 Å². The summed E-state index contributed by atoms with van der Waals surface area (Å²) in [5, 5.41) is 7.99. The monoisotopic (exact) mass is 289 g/mol. The second kappa shape index (κ2) is 5.98. The molecule has 21 heavy (non-hydrogen) atoms. The molecule has 2 rings (SSSR count). The Morgan fingerprint density at radius 1 is 1.29 bits per heavy atom. The lowest BCUT2D eigenvalue weighted by atomic mass is 10.1. The lowest BCUT2D eigenvalue weighted by Gasteiger charge is -2.20. The maximum atomic E-state index is 13.3. The molecule has 0 amide bonds. The topological polar surface area (TPSA) is 29.9 Å². The molecule has 1 aromatic heterocycles. The van der Waals surface area contributed by atoms with Crippen LogP contribution in [0.2, 0.25) is 0 Å². The van der Waals surface area contributed by atoms with Crippen molar-refractivity contribution in [3.63, 3.8) is 0 Å². The molecule has 1 aromatic carbocycles. The molecule has 0 spiro atoms. The van der Waals surface area contributed by atoms with E-state index >= 15 is 0 Å². The molecule has 2 aromatic rings. The molecule has 3 nitrogen and oxygen atoms in total. The summed E-state index contributed by atoms with van der Waals surface area (Å²) in [6, 6.07) is 4.82. The summed E-state index contributed by atoms with van der Waals surface area (Å²) in [5.74, 6) is -0.212. The van der Waals surface area contributed by atoms with E-state index in [1.165, 1.54) is 17.3 Å². The van der Waals surface area contributed by atoms with E-state index in [4.69, 9.17) is 0 Å². The minimum atomic E-state index is -0.212. The van der Waals surface area contributed by atoms with E-state index in [-0.39, 0.29) is 11.4 Å². The summed E-state index contributed by atoms with van der Waals surface area (Å²) in [5.41, 5.74) is 4.26. The fourth-order valence-electron chi connectivity index (χ4n) is 2.36. The van der Waals surface area contributed by atoms with Crippen molar-refractivity contribution < 1.29 is 4.39 Å². The van der Waals surface area contributed by atoms with Crippen molar-refractivity contribution in [3.05, 3.63) is 47.0 Å². The van der Waals surface area contributed by atoms with Gasteiger partial charge in [-0.2, -0.15) is 5.10 Å². The highest BCUT2D eigenvalue weighted by molar-refractivity contribution is 5.42. The van der Waals surface area contributed by atoms with Crippen molar-refractivity contribution in [2.24, 2.45) is 0 Å². The van der Waals surface area contributed by atoms with Crippen molar-refractivity contribution >= 4 is 0 Å². The third-order valence-corrected chi connectivity index (χ3v) is 3.49. The van der Waals surface area contributed by atoms with Gasteiger partial charge in [0.1, 0.15) is 5.82 Å². The molecule has 4 heteroatoms. The number of hydrogen-bond donors (Lipinski definition) is 1. The average molecular weight is 289 g/mol. The molecule has 1 N–H and O–H groups in total. The summed E-state index contributed by atoms with van der Waals surface area (Å²) in [6.07, 6.45) is 2.79. The largest absolute Gasteiger partial charge is 0.308 e. The smallest absolute Gasteiger partial charge is 0.123 e. The van der Waals surface area contributed by atoms with Gasteiger partial charge in [0.25, 0.3) is 0 Å². The fraction of sp³-hybridized carbons (Fsp3) is 0.471. The van der Waals surface area contributed by atoms with Gasteiger partial charge in [0.2, 0.25) is 0 Å². The SMILES string of the molecule is CCc1c(CNC(C)(C)C)cnn1-c1ccc(F)cc1C. The Labute approximate surface area is 126 Å². The van der Waals surface area contributed by atoms with E-state index in [9.17, 15) is 4.39 Å². The second-order valence-corrected chi connectivity index (χ2v) is 6.42. The number of aromatic nitrogens is 2. The van der Waals surface area contributed by atoms with Gasteiger partial charge in [0.05, 0.1) is 11.9 Å². The van der Waals surface area contributed by atoms with Crippen LogP contribution in [0.1, 0.15) is 44.5 Å². The van der Waals surface area contributed by atoms with Gasteiger partial charge >= 0.3 is 0 Å². The summed E-state index contributed by atoms with van der Waals surface area (Å²) in [6.45, 7) is 11.2. The zero-order valence-electron chi connectivity index (χ0n) is 13.5. The van der Waals surface area contributed by atoms with Crippen molar-refractivity contribution in [3.8, 4) is 5.69 Å². The summed E-state index contributed by atoms with van der Waals surface area (Å²) in [7, 11) is 0. The molecule has 0 atom stereocenters. The van der Waals surface area contributed by atoms with Crippen molar-refractivity contribution in [2.45, 2.75) is 53.1 Å². The Morgan fingerprint density at radius 2 is 2.00 bits per heavy atom. The summed E-state index contributed by atoms with van der Waals surface area (Å²) < 4.78 is 15.2. The number of rotatable bonds is 4. The molecule has 0 aliphatic rings. The molecule has 0 bridgehead atoms. The predicted molar refractivity (Wildman–Crippen MR) is 84.2 cm³/mol. The van der Waals surface area contributed by atoms with E-state index in [2.05, 4.69) is 38.1 Å². The maximum absolute atomic E-state index is 13.3. The van der Waals surface area contributed by atoms with Gasteiger partial charge in [-0.15, -0.1) is 0 Å². The van der Waals surface area contributed by atoms with Gasteiger partial charge in [-0.3, -0.25) is 0 Å². The van der Waals surface area contributed by atoms with E-state index in [1.807, 2.05) is 17.8 Å². The predicted octanol–water partition coefficient (Wildman–Crippen LogP) is 3.77. The lowest BCUT2D eigenvalue weighted by Crippen LogP contribution is -2.35. The first-order chi connectivity index (χ1) is 9.81. The zero-order valence-corrected chi connectivity index (χ0v) is 13.5. The van der Waals surface area contributed by atoms with Gasteiger partial charge in [-0.1, -0.05) is 6.92 Å². The molecular formula is C17H24FN3. The Bertz CT molecular complexity index is 623. The van der Waals surface area contributed by atoms with Crippen LogP contribution in [0, 0.1) is 12.7 Å². The van der Waals surface area contributed by atoms with E-state index in [0.29, 0.717) is 0 Å². The number of benzene rings is 1. The van der Waals surface area contributed by atoms with Crippen molar-refractivity contribution in [1.82, 2.24) is 15.1 Å². The summed E-state index contributed by atoms with van der Waals surface area (Å²) in [4.78, 5) is 0. The van der Waals surface area contributed by atoms with Crippen LogP contribution >= 0.6 is 0 Å². The molecule has 114 valence electrons. The first-order valence-electron chi connectivity index (χ1n) is 7.39. The molecule has 1 heterocycles. The van der Waals surface area contributed by atoms with Crippen LogP contribution < -0.4 is 5.32 Å². The van der Waals surface area contributed by atoms with Gasteiger partial charge < -0.3 is 5.32 Å². The van der Waals surface area contributed by atoms with Crippen LogP contribution in [0.25, 0.3) is 5.69 Å². The van der Waals surface area contributed by atoms with Crippen LogP contribution in [0.5, 0.6) is 0 Å². The average Bonchev–Trinajstić information content (AvgIpc) is 2.78. The first-order valence-corrected chi connectivity index (χ1v) is 7.39. The molecule has 0 saturated carbocycles. The van der Waals surface area contributed by atoms with Gasteiger partial charge in [-0.25, -0.2) is 9.07 Å². The molecular weight excluding hydrogens is 265 g/mol. The highest BCUT2D eigenvalue weighted by Gasteiger charge is 2.15. The molecule has 0 aliphatic carbocycles. The fourth-order valence-corrected chi connectivity index (χ4v) is 2.36. The maximum Gasteiger partial charge on any atom is 0.123 e. The minimum Gasteiger partial charge on any atom is -0.308 e. The van der Waals surface area contributed by atoms with Crippen LogP contribution in [0.3, 0.4) is 0 Å². The molecule has 0 saturated heterocycles. The quantitative estimate of drug-likeness (QED) is 0.928. The Hall–Kier alpha value is -1.68. The second-order valence-electron chi connectivity index (χ2n) is 6.42. The zero-order chi connectivity index (χ0) is 15.6. The molecule has 0 radical (unpaired) electrons. The van der Waals surface area contributed by atoms with Crippen LogP contribution in [0.15, 0.2) is 24.4 Å². The van der Waals surface area contributed by atoms with E-state index in [1.54, 1.807) is 12.1 Å². The van der Waals surface area contributed by atoms with Crippen molar-refractivity contribution in [1.29, 1.82) is 0 Å². The molecule has 0 fully saturated rings. The number of hydrogen-bond acceptors (Lipinski definition) is 2. The third-order valence-electron chi connectivity index (χ3n) is 3.49. The van der Waals surface area contributed by atoms with Crippen LogP contribution in [-0.2, 0) is 13.0 Å². The molecule has 0 aliphatic heterocycles. The minimum absolute atomic E-state index is 0.0684. The van der Waals surface area contributed by atoms with Gasteiger partial charge in [0.15, 0.2) is 0 Å². The van der Waals surface area contributed by atoms with E-state index in [0.717, 1.165) is 24.2 Å². The Balaban J connectivity index is 2.35. The Kier molecular flexibility index (Phi) is 4.47. The number of nitrogens with zero attached hydrogens (tertiary/aromatic N) is 2. The number of aryl methyl sites for hydroxylation is 1. The highest BCUT2D eigenvalue weighted by atomic mass is 19.1. The first kappa shape index (κ1) is 15.7. The number of halogens is 1. The Morgan fingerprint density at radius 3 is 2.57 bits per heavy atom. The highest BCUT2D eigenvalue weighted by Crippen LogP contribution is 2.20. The standard InChI is InChI=1S/C17H24FN3/c1-6-15-13(10-19-17(3,4)5)11-20-21(15)16-8-7-14(18)9-12(16)2/h7-9,11,19H,6,10H2,1-5H3. The van der Waals surface area contributed by atoms with Gasteiger partial charge in [0, 0.05) is 23.3 Å².